The molecule has 5 N–H and O–H groups in total. The predicted molar refractivity (Wildman–Crippen MR) is 39.8 cm³/mol. The molecule has 0 radical (unpaired) electrons. The highest BCUT2D eigenvalue weighted by Crippen LogP contribution is 2.23. The minimum Gasteiger partial charge on any atom is -0.390 e. The molecular formula is C7H15NO3. The zero-order chi connectivity index (χ0) is 8.59. The van der Waals surface area contributed by atoms with Crippen molar-refractivity contribution in [3.63, 3.8) is 0 Å². The second kappa shape index (κ2) is 3.06. The average molecular weight is 161 g/mol. The molecule has 1 aliphatic rings. The normalized spacial score (nSPS) is 52.6. The van der Waals surface area contributed by atoms with Crippen molar-refractivity contribution in [1.29, 1.82) is 0 Å². The Labute approximate surface area is 65.6 Å². The van der Waals surface area contributed by atoms with E-state index < -0.39 is 24.4 Å². The van der Waals surface area contributed by atoms with Gasteiger partial charge in [0, 0.05) is 6.04 Å². The quantitative estimate of drug-likeness (QED) is 0.346. The van der Waals surface area contributed by atoms with E-state index in [-0.39, 0.29) is 5.92 Å². The van der Waals surface area contributed by atoms with Gasteiger partial charge in [-0.2, -0.15) is 0 Å². The molecule has 1 fully saturated rings. The van der Waals surface area contributed by atoms with Crippen LogP contribution in [0.25, 0.3) is 0 Å². The van der Waals surface area contributed by atoms with Gasteiger partial charge in [-0.25, -0.2) is 0 Å². The second-order valence-corrected chi connectivity index (χ2v) is 3.35. The van der Waals surface area contributed by atoms with Gasteiger partial charge in [0.05, 0.1) is 12.2 Å². The Balaban J connectivity index is 2.63. The first-order valence-electron chi connectivity index (χ1n) is 3.84. The van der Waals surface area contributed by atoms with Gasteiger partial charge >= 0.3 is 0 Å². The third-order valence-electron chi connectivity index (χ3n) is 2.37. The molecule has 0 saturated heterocycles. The van der Waals surface area contributed by atoms with Gasteiger partial charge in [0.1, 0.15) is 6.10 Å². The average Bonchev–Trinajstić information content (AvgIpc) is 1.97. The highest BCUT2D eigenvalue weighted by Gasteiger charge is 2.38. The fraction of sp³-hybridized carbons (Fsp3) is 1.00. The Bertz CT molecular complexity index is 128. The molecule has 5 atom stereocenters. The summed E-state index contributed by atoms with van der Waals surface area (Å²) < 4.78 is 0. The summed E-state index contributed by atoms with van der Waals surface area (Å²) in [6, 6.07) is -0.414. The number of nitrogens with two attached hydrogens (primary N) is 1. The summed E-state index contributed by atoms with van der Waals surface area (Å²) in [7, 11) is 0. The number of aliphatic hydroxyl groups is 3. The summed E-state index contributed by atoms with van der Waals surface area (Å²) in [5.74, 6) is -0.0385. The minimum absolute atomic E-state index is 0.0385. The Kier molecular flexibility index (Phi) is 2.49. The number of aliphatic hydroxyl groups excluding tert-OH is 3. The molecule has 1 saturated carbocycles. The van der Waals surface area contributed by atoms with Gasteiger partial charge in [-0.05, 0) is 12.3 Å². The van der Waals surface area contributed by atoms with Crippen LogP contribution in [0.15, 0.2) is 0 Å². The van der Waals surface area contributed by atoms with E-state index >= 15 is 0 Å². The summed E-state index contributed by atoms with van der Waals surface area (Å²) in [6.45, 7) is 1.81. The number of hydrogen-bond acceptors (Lipinski definition) is 4. The monoisotopic (exact) mass is 161 g/mol. The van der Waals surface area contributed by atoms with Crippen LogP contribution in [0.1, 0.15) is 13.3 Å². The van der Waals surface area contributed by atoms with Crippen molar-refractivity contribution in [3.8, 4) is 0 Å². The fourth-order valence-corrected chi connectivity index (χ4v) is 1.50. The Morgan fingerprint density at radius 3 is 2.18 bits per heavy atom. The Morgan fingerprint density at radius 2 is 1.64 bits per heavy atom. The van der Waals surface area contributed by atoms with E-state index in [1.807, 2.05) is 0 Å². The maximum Gasteiger partial charge on any atom is 0.107 e. The van der Waals surface area contributed by atoms with Crippen LogP contribution in [0.3, 0.4) is 0 Å². The van der Waals surface area contributed by atoms with Crippen LogP contribution in [0.4, 0.5) is 0 Å². The Morgan fingerprint density at radius 1 is 1.09 bits per heavy atom. The van der Waals surface area contributed by atoms with Crippen LogP contribution in [-0.2, 0) is 0 Å². The lowest BCUT2D eigenvalue weighted by Gasteiger charge is -2.37. The van der Waals surface area contributed by atoms with Crippen molar-refractivity contribution in [3.05, 3.63) is 0 Å². The van der Waals surface area contributed by atoms with E-state index in [2.05, 4.69) is 0 Å². The molecule has 11 heavy (non-hydrogen) atoms. The first-order chi connectivity index (χ1) is 5.04. The lowest BCUT2D eigenvalue weighted by molar-refractivity contribution is -0.114. The highest BCUT2D eigenvalue weighted by molar-refractivity contribution is 4.92. The maximum atomic E-state index is 9.27. The number of rotatable bonds is 0. The molecule has 0 unspecified atom stereocenters. The Hall–Kier alpha value is -0.160. The maximum absolute atomic E-state index is 9.27. The van der Waals surface area contributed by atoms with Gasteiger partial charge in [0.15, 0.2) is 0 Å². The molecule has 0 aromatic rings. The van der Waals surface area contributed by atoms with Crippen LogP contribution in [0.2, 0.25) is 0 Å². The van der Waals surface area contributed by atoms with E-state index in [1.165, 1.54) is 0 Å². The lowest BCUT2D eigenvalue weighted by Crippen LogP contribution is -2.55. The largest absolute Gasteiger partial charge is 0.390 e. The third-order valence-corrected chi connectivity index (χ3v) is 2.37. The standard InChI is InChI=1S/C7H15NO3/c1-3-2-4(8)6(10)7(11)5(3)9/h3-7,9-11H,2,8H2,1H3/t3-,4-,5-,6-,7-/m0/s1. The second-order valence-electron chi connectivity index (χ2n) is 3.35. The first-order valence-corrected chi connectivity index (χ1v) is 3.84. The van der Waals surface area contributed by atoms with E-state index in [0.29, 0.717) is 6.42 Å². The summed E-state index contributed by atoms with van der Waals surface area (Å²) in [6.07, 6.45) is -2.36. The third kappa shape index (κ3) is 1.54. The molecular weight excluding hydrogens is 146 g/mol. The lowest BCUT2D eigenvalue weighted by atomic mass is 9.81. The van der Waals surface area contributed by atoms with E-state index in [1.54, 1.807) is 6.92 Å². The van der Waals surface area contributed by atoms with E-state index in [4.69, 9.17) is 5.73 Å². The van der Waals surface area contributed by atoms with Crippen LogP contribution >= 0.6 is 0 Å². The molecule has 1 aliphatic carbocycles. The van der Waals surface area contributed by atoms with Crippen molar-refractivity contribution in [2.45, 2.75) is 37.7 Å². The van der Waals surface area contributed by atoms with Gasteiger partial charge < -0.3 is 21.1 Å². The number of hydrogen-bond donors (Lipinski definition) is 4. The van der Waals surface area contributed by atoms with Crippen molar-refractivity contribution in [1.82, 2.24) is 0 Å². The molecule has 0 aliphatic heterocycles. The van der Waals surface area contributed by atoms with Gasteiger partial charge in [0.2, 0.25) is 0 Å². The molecule has 0 amide bonds. The van der Waals surface area contributed by atoms with Crippen molar-refractivity contribution >= 4 is 0 Å². The minimum atomic E-state index is -1.09. The molecule has 4 heteroatoms. The SMILES string of the molecule is C[C@H]1C[C@H](N)[C@H](O)[C@@H](O)[C@H]1O. The molecule has 0 heterocycles. The summed E-state index contributed by atoms with van der Waals surface area (Å²) in [5.41, 5.74) is 5.50. The van der Waals surface area contributed by atoms with E-state index in [9.17, 15) is 15.3 Å². The van der Waals surface area contributed by atoms with Gasteiger partial charge in [0.25, 0.3) is 0 Å². The summed E-state index contributed by atoms with van der Waals surface area (Å²) >= 11 is 0. The van der Waals surface area contributed by atoms with Gasteiger partial charge in [-0.3, -0.25) is 0 Å². The molecule has 4 nitrogen and oxygen atoms in total. The van der Waals surface area contributed by atoms with Crippen LogP contribution in [0.5, 0.6) is 0 Å². The van der Waals surface area contributed by atoms with Crippen LogP contribution in [0, 0.1) is 5.92 Å². The van der Waals surface area contributed by atoms with Crippen molar-refractivity contribution < 1.29 is 15.3 Å². The highest BCUT2D eigenvalue weighted by atomic mass is 16.4. The van der Waals surface area contributed by atoms with Gasteiger partial charge in [-0.1, -0.05) is 6.92 Å². The molecule has 0 spiro atoms. The molecule has 0 bridgehead atoms. The van der Waals surface area contributed by atoms with Crippen LogP contribution in [-0.4, -0.2) is 39.7 Å². The molecule has 0 aromatic carbocycles. The topological polar surface area (TPSA) is 86.7 Å². The summed E-state index contributed by atoms with van der Waals surface area (Å²) in [4.78, 5) is 0. The zero-order valence-corrected chi connectivity index (χ0v) is 6.51. The molecule has 66 valence electrons. The molecule has 0 aromatic heterocycles. The zero-order valence-electron chi connectivity index (χ0n) is 6.51. The first kappa shape index (κ1) is 8.93. The fourth-order valence-electron chi connectivity index (χ4n) is 1.50. The van der Waals surface area contributed by atoms with Crippen molar-refractivity contribution in [2.75, 3.05) is 0 Å². The summed E-state index contributed by atoms with van der Waals surface area (Å²) in [5, 5.41) is 27.7. The molecule has 1 rings (SSSR count). The predicted octanol–water partition coefficient (Wildman–Crippen LogP) is -1.56. The van der Waals surface area contributed by atoms with Gasteiger partial charge in [-0.15, -0.1) is 0 Å². The van der Waals surface area contributed by atoms with Crippen molar-refractivity contribution in [2.24, 2.45) is 11.7 Å². The van der Waals surface area contributed by atoms with E-state index in [0.717, 1.165) is 0 Å². The smallest absolute Gasteiger partial charge is 0.107 e. The van der Waals surface area contributed by atoms with Crippen LogP contribution < -0.4 is 5.73 Å².